The van der Waals surface area contributed by atoms with E-state index in [1.54, 1.807) is 0 Å². The SMILES string of the molecule is CC1N(Cc2cccc(-c3ccccc3)n2)CCN2CCC12C. The summed E-state index contributed by atoms with van der Waals surface area (Å²) in [5.74, 6) is 0. The third-order valence-electron chi connectivity index (χ3n) is 5.96. The van der Waals surface area contributed by atoms with E-state index in [1.807, 2.05) is 6.07 Å². The van der Waals surface area contributed by atoms with Gasteiger partial charge in [-0.05, 0) is 32.4 Å². The fourth-order valence-corrected chi connectivity index (χ4v) is 4.06. The van der Waals surface area contributed by atoms with Gasteiger partial charge in [-0.3, -0.25) is 14.8 Å². The Morgan fingerprint density at radius 2 is 1.87 bits per heavy atom. The van der Waals surface area contributed by atoms with Crippen molar-refractivity contribution >= 4 is 0 Å². The van der Waals surface area contributed by atoms with Crippen LogP contribution in [0.5, 0.6) is 0 Å². The highest BCUT2D eigenvalue weighted by Gasteiger charge is 2.49. The van der Waals surface area contributed by atoms with Crippen molar-refractivity contribution < 1.29 is 0 Å². The van der Waals surface area contributed by atoms with Gasteiger partial charge < -0.3 is 0 Å². The minimum atomic E-state index is 0.370. The molecule has 120 valence electrons. The highest BCUT2D eigenvalue weighted by molar-refractivity contribution is 5.58. The fourth-order valence-electron chi connectivity index (χ4n) is 4.06. The van der Waals surface area contributed by atoms with Gasteiger partial charge in [-0.25, -0.2) is 0 Å². The summed E-state index contributed by atoms with van der Waals surface area (Å²) < 4.78 is 0. The van der Waals surface area contributed by atoms with Gasteiger partial charge in [0.1, 0.15) is 0 Å². The maximum atomic E-state index is 4.90. The molecule has 0 spiro atoms. The molecule has 3 heteroatoms. The first-order chi connectivity index (χ1) is 11.2. The van der Waals surface area contributed by atoms with Crippen LogP contribution in [0.4, 0.5) is 0 Å². The van der Waals surface area contributed by atoms with Gasteiger partial charge >= 0.3 is 0 Å². The first kappa shape index (κ1) is 14.9. The molecule has 1 aromatic heterocycles. The number of nitrogens with zero attached hydrogens (tertiary/aromatic N) is 3. The highest BCUT2D eigenvalue weighted by Crippen LogP contribution is 2.38. The summed E-state index contributed by atoms with van der Waals surface area (Å²) in [5.41, 5.74) is 3.81. The summed E-state index contributed by atoms with van der Waals surface area (Å²) in [6.07, 6.45) is 1.32. The van der Waals surface area contributed by atoms with Crippen molar-refractivity contribution in [3.05, 3.63) is 54.2 Å². The fraction of sp³-hybridized carbons (Fsp3) is 0.450. The maximum absolute atomic E-state index is 4.90. The number of pyridine rings is 1. The minimum absolute atomic E-state index is 0.370. The van der Waals surface area contributed by atoms with Crippen molar-refractivity contribution in [1.29, 1.82) is 0 Å². The van der Waals surface area contributed by atoms with Crippen LogP contribution >= 0.6 is 0 Å². The van der Waals surface area contributed by atoms with Crippen LogP contribution in [-0.4, -0.2) is 46.0 Å². The van der Waals surface area contributed by atoms with Crippen molar-refractivity contribution in [1.82, 2.24) is 14.8 Å². The highest BCUT2D eigenvalue weighted by atomic mass is 15.4. The van der Waals surface area contributed by atoms with Gasteiger partial charge in [0, 0.05) is 43.3 Å². The summed E-state index contributed by atoms with van der Waals surface area (Å²) in [5, 5.41) is 0. The molecule has 1 aromatic carbocycles. The van der Waals surface area contributed by atoms with Crippen LogP contribution in [0.25, 0.3) is 11.3 Å². The van der Waals surface area contributed by atoms with E-state index >= 15 is 0 Å². The average molecular weight is 307 g/mol. The zero-order valence-electron chi connectivity index (χ0n) is 14.1. The second kappa shape index (κ2) is 5.73. The summed E-state index contributed by atoms with van der Waals surface area (Å²) in [7, 11) is 0. The van der Waals surface area contributed by atoms with Gasteiger partial charge in [0.25, 0.3) is 0 Å². The maximum Gasteiger partial charge on any atom is 0.0705 e. The Hall–Kier alpha value is -1.71. The number of rotatable bonds is 3. The van der Waals surface area contributed by atoms with Crippen molar-refractivity contribution in [2.24, 2.45) is 0 Å². The van der Waals surface area contributed by atoms with Crippen molar-refractivity contribution in [3.63, 3.8) is 0 Å². The molecule has 2 fully saturated rings. The van der Waals surface area contributed by atoms with Gasteiger partial charge in [0.15, 0.2) is 0 Å². The molecule has 3 heterocycles. The van der Waals surface area contributed by atoms with Crippen molar-refractivity contribution in [2.75, 3.05) is 19.6 Å². The smallest absolute Gasteiger partial charge is 0.0705 e. The van der Waals surface area contributed by atoms with Gasteiger partial charge in [0.2, 0.25) is 0 Å². The molecule has 3 nitrogen and oxygen atoms in total. The number of fused-ring (bicyclic) bond motifs is 1. The molecule has 0 aliphatic carbocycles. The Bertz CT molecular complexity index is 684. The monoisotopic (exact) mass is 307 g/mol. The molecule has 0 N–H and O–H groups in total. The number of hydrogen-bond acceptors (Lipinski definition) is 3. The predicted molar refractivity (Wildman–Crippen MR) is 94.1 cm³/mol. The zero-order valence-corrected chi connectivity index (χ0v) is 14.1. The molecule has 23 heavy (non-hydrogen) atoms. The second-order valence-electron chi connectivity index (χ2n) is 7.12. The summed E-state index contributed by atoms with van der Waals surface area (Å²) >= 11 is 0. The standard InChI is InChI=1S/C20H25N3/c1-16-20(2)11-12-23(20)14-13-22(16)15-18-9-6-10-19(21-18)17-7-4-3-5-8-17/h3-10,16H,11-15H2,1-2H3. The Kier molecular flexibility index (Phi) is 3.70. The van der Waals surface area contributed by atoms with Crippen LogP contribution in [0.1, 0.15) is 26.0 Å². The molecule has 0 bridgehead atoms. The van der Waals surface area contributed by atoms with E-state index in [1.165, 1.54) is 30.8 Å². The van der Waals surface area contributed by atoms with Crippen LogP contribution in [0, 0.1) is 0 Å². The first-order valence-corrected chi connectivity index (χ1v) is 8.67. The largest absolute Gasteiger partial charge is 0.295 e. The van der Waals surface area contributed by atoms with Gasteiger partial charge in [-0.2, -0.15) is 0 Å². The molecular formula is C20H25N3. The molecule has 0 amide bonds. The lowest BCUT2D eigenvalue weighted by atomic mass is 9.77. The summed E-state index contributed by atoms with van der Waals surface area (Å²) in [6.45, 7) is 9.36. The molecule has 2 aromatic rings. The number of aromatic nitrogens is 1. The van der Waals surface area contributed by atoms with Crippen LogP contribution in [0.15, 0.2) is 48.5 Å². The Morgan fingerprint density at radius 3 is 2.61 bits per heavy atom. The van der Waals surface area contributed by atoms with Crippen LogP contribution in [0.3, 0.4) is 0 Å². The lowest BCUT2D eigenvalue weighted by Crippen LogP contribution is -2.72. The number of piperazine rings is 1. The predicted octanol–water partition coefficient (Wildman–Crippen LogP) is 3.42. The number of hydrogen-bond donors (Lipinski definition) is 0. The molecule has 2 saturated heterocycles. The normalized spacial score (nSPS) is 28.2. The lowest BCUT2D eigenvalue weighted by molar-refractivity contribution is -0.105. The van der Waals surface area contributed by atoms with Gasteiger partial charge in [-0.1, -0.05) is 36.4 Å². The van der Waals surface area contributed by atoms with E-state index in [2.05, 4.69) is 66.1 Å². The quantitative estimate of drug-likeness (QED) is 0.866. The van der Waals surface area contributed by atoms with Crippen molar-refractivity contribution in [3.8, 4) is 11.3 Å². The van der Waals surface area contributed by atoms with Gasteiger partial charge in [-0.15, -0.1) is 0 Å². The van der Waals surface area contributed by atoms with E-state index in [0.717, 1.165) is 18.8 Å². The molecule has 2 atom stereocenters. The number of benzene rings is 1. The Morgan fingerprint density at radius 1 is 1.04 bits per heavy atom. The average Bonchev–Trinajstić information content (AvgIpc) is 2.58. The molecule has 0 radical (unpaired) electrons. The lowest BCUT2D eigenvalue weighted by Gasteiger charge is -2.60. The molecule has 2 aliphatic heterocycles. The van der Waals surface area contributed by atoms with E-state index in [0.29, 0.717) is 11.6 Å². The van der Waals surface area contributed by atoms with E-state index in [9.17, 15) is 0 Å². The van der Waals surface area contributed by atoms with Crippen LogP contribution in [-0.2, 0) is 6.54 Å². The third kappa shape index (κ3) is 2.58. The Labute approximate surface area is 139 Å². The molecular weight excluding hydrogens is 282 g/mol. The van der Waals surface area contributed by atoms with Crippen LogP contribution in [0.2, 0.25) is 0 Å². The molecule has 2 unspecified atom stereocenters. The summed E-state index contributed by atoms with van der Waals surface area (Å²) in [4.78, 5) is 10.1. The van der Waals surface area contributed by atoms with Gasteiger partial charge in [0.05, 0.1) is 11.4 Å². The van der Waals surface area contributed by atoms with Crippen molar-refractivity contribution in [2.45, 2.75) is 38.4 Å². The van der Waals surface area contributed by atoms with Crippen LogP contribution < -0.4 is 0 Å². The summed E-state index contributed by atoms with van der Waals surface area (Å²) in [6, 6.07) is 17.4. The third-order valence-corrected chi connectivity index (χ3v) is 5.96. The molecule has 2 aliphatic rings. The first-order valence-electron chi connectivity index (χ1n) is 8.67. The van der Waals surface area contributed by atoms with E-state index < -0.39 is 0 Å². The van der Waals surface area contributed by atoms with E-state index in [-0.39, 0.29) is 0 Å². The van der Waals surface area contributed by atoms with E-state index in [4.69, 9.17) is 4.98 Å². The molecule has 0 saturated carbocycles. The zero-order chi connectivity index (χ0) is 15.9. The minimum Gasteiger partial charge on any atom is -0.295 e. The second-order valence-corrected chi connectivity index (χ2v) is 7.12. The topological polar surface area (TPSA) is 19.4 Å². The Balaban J connectivity index is 1.53. The molecule has 4 rings (SSSR count).